The summed E-state index contributed by atoms with van der Waals surface area (Å²) < 4.78 is 0. The fraction of sp³-hybridized carbons (Fsp3) is 0.650. The van der Waals surface area contributed by atoms with Crippen LogP contribution in [0.25, 0.3) is 0 Å². The largest absolute Gasteiger partial charge is 0.355 e. The third kappa shape index (κ3) is 5.27. The number of hydrogen-bond donors (Lipinski definition) is 2. The molecule has 2 unspecified atom stereocenters. The molecule has 3 rings (SSSR count). The number of rotatable bonds is 6. The van der Waals surface area contributed by atoms with Gasteiger partial charge in [-0.25, -0.2) is 0 Å². The van der Waals surface area contributed by atoms with Crippen molar-refractivity contribution in [1.82, 2.24) is 20.4 Å². The average molecular weight is 345 g/mol. The molecule has 2 aliphatic heterocycles. The summed E-state index contributed by atoms with van der Waals surface area (Å²) in [6.45, 7) is 6.05. The quantitative estimate of drug-likeness (QED) is 0.770. The van der Waals surface area contributed by atoms with E-state index in [1.807, 2.05) is 0 Å². The molecule has 0 aliphatic carbocycles. The average Bonchev–Trinajstić information content (AvgIpc) is 2.67. The van der Waals surface area contributed by atoms with Crippen molar-refractivity contribution < 1.29 is 4.79 Å². The van der Waals surface area contributed by atoms with E-state index in [0.717, 1.165) is 58.5 Å². The first-order valence-corrected chi connectivity index (χ1v) is 9.72. The van der Waals surface area contributed by atoms with Crippen molar-refractivity contribution in [3.63, 3.8) is 0 Å². The van der Waals surface area contributed by atoms with E-state index in [9.17, 15) is 4.79 Å². The summed E-state index contributed by atoms with van der Waals surface area (Å²) in [5.41, 5.74) is 1.39. The van der Waals surface area contributed by atoms with Gasteiger partial charge >= 0.3 is 0 Å². The molecule has 2 heterocycles. The molecule has 1 aromatic carbocycles. The van der Waals surface area contributed by atoms with Crippen molar-refractivity contribution in [2.24, 2.45) is 0 Å². The molecule has 5 heteroatoms. The van der Waals surface area contributed by atoms with Crippen LogP contribution < -0.4 is 10.6 Å². The van der Waals surface area contributed by atoms with Crippen LogP contribution in [0.1, 0.15) is 37.3 Å². The molecular formula is C20H32N4O. The molecule has 2 fully saturated rings. The highest BCUT2D eigenvalue weighted by Gasteiger charge is 2.26. The van der Waals surface area contributed by atoms with Crippen molar-refractivity contribution in [1.29, 1.82) is 0 Å². The van der Waals surface area contributed by atoms with Gasteiger partial charge in [0.25, 0.3) is 0 Å². The summed E-state index contributed by atoms with van der Waals surface area (Å²) in [5.74, 6) is 0.178. The first-order valence-electron chi connectivity index (χ1n) is 9.72. The van der Waals surface area contributed by atoms with Gasteiger partial charge in [-0.2, -0.15) is 0 Å². The Kier molecular flexibility index (Phi) is 6.84. The molecule has 0 spiro atoms. The number of carbonyl (C=O) groups is 1. The molecule has 2 N–H and O–H groups in total. The lowest BCUT2D eigenvalue weighted by Crippen LogP contribution is -2.48. The number of piperazine rings is 1. The van der Waals surface area contributed by atoms with E-state index in [1.54, 1.807) is 0 Å². The van der Waals surface area contributed by atoms with E-state index in [0.29, 0.717) is 6.04 Å². The second-order valence-electron chi connectivity index (χ2n) is 7.37. The van der Waals surface area contributed by atoms with Crippen molar-refractivity contribution in [2.45, 2.75) is 37.8 Å². The van der Waals surface area contributed by atoms with Crippen LogP contribution in [-0.2, 0) is 4.79 Å². The Morgan fingerprint density at radius 1 is 1.24 bits per heavy atom. The van der Waals surface area contributed by atoms with E-state index in [4.69, 9.17) is 0 Å². The zero-order valence-electron chi connectivity index (χ0n) is 15.4. The summed E-state index contributed by atoms with van der Waals surface area (Å²) in [5, 5.41) is 6.43. The molecular weight excluding hydrogens is 312 g/mol. The van der Waals surface area contributed by atoms with Crippen LogP contribution in [0.15, 0.2) is 30.3 Å². The molecule has 0 bridgehead atoms. The fourth-order valence-corrected chi connectivity index (χ4v) is 3.91. The van der Waals surface area contributed by atoms with E-state index in [-0.39, 0.29) is 11.9 Å². The Bertz CT molecular complexity index is 530. The van der Waals surface area contributed by atoms with Crippen LogP contribution in [0.3, 0.4) is 0 Å². The topological polar surface area (TPSA) is 47.6 Å². The first-order chi connectivity index (χ1) is 12.2. The van der Waals surface area contributed by atoms with Crippen molar-refractivity contribution >= 4 is 5.91 Å². The van der Waals surface area contributed by atoms with Crippen LogP contribution in [0.5, 0.6) is 0 Å². The summed E-state index contributed by atoms with van der Waals surface area (Å²) in [7, 11) is 2.20. The number of carbonyl (C=O) groups excluding carboxylic acids is 1. The minimum atomic E-state index is 0.0226. The molecule has 2 atom stereocenters. The van der Waals surface area contributed by atoms with E-state index < -0.39 is 0 Å². The van der Waals surface area contributed by atoms with Gasteiger partial charge in [0.05, 0.1) is 6.04 Å². The lowest BCUT2D eigenvalue weighted by atomic mass is 10.0. The molecule has 25 heavy (non-hydrogen) atoms. The van der Waals surface area contributed by atoms with Gasteiger partial charge in [-0.05, 0) is 38.4 Å². The van der Waals surface area contributed by atoms with Gasteiger partial charge in [-0.3, -0.25) is 9.69 Å². The van der Waals surface area contributed by atoms with Gasteiger partial charge in [0.2, 0.25) is 5.91 Å². The van der Waals surface area contributed by atoms with Gasteiger partial charge in [-0.1, -0.05) is 36.8 Å². The molecule has 0 saturated carbocycles. The molecule has 0 aromatic heterocycles. The number of benzene rings is 1. The van der Waals surface area contributed by atoms with Crippen LogP contribution >= 0.6 is 0 Å². The maximum atomic E-state index is 12.2. The van der Waals surface area contributed by atoms with E-state index in [1.165, 1.54) is 12.0 Å². The van der Waals surface area contributed by atoms with E-state index >= 15 is 0 Å². The molecule has 2 aliphatic rings. The third-order valence-electron chi connectivity index (χ3n) is 5.43. The first kappa shape index (κ1) is 18.4. The van der Waals surface area contributed by atoms with Gasteiger partial charge in [0.15, 0.2) is 0 Å². The summed E-state index contributed by atoms with van der Waals surface area (Å²) in [4.78, 5) is 17.2. The van der Waals surface area contributed by atoms with E-state index in [2.05, 4.69) is 57.8 Å². The Balaban J connectivity index is 1.45. The predicted octanol–water partition coefficient (Wildman–Crippen LogP) is 1.62. The Morgan fingerprint density at radius 3 is 2.84 bits per heavy atom. The highest BCUT2D eigenvalue weighted by atomic mass is 16.2. The maximum absolute atomic E-state index is 12.2. The number of piperidine rings is 1. The summed E-state index contributed by atoms with van der Waals surface area (Å²) in [6.07, 6.45) is 4.32. The number of amides is 1. The lowest BCUT2D eigenvalue weighted by Gasteiger charge is -2.40. The lowest BCUT2D eigenvalue weighted by molar-refractivity contribution is -0.123. The highest BCUT2D eigenvalue weighted by Crippen LogP contribution is 2.24. The third-order valence-corrected chi connectivity index (χ3v) is 5.43. The SMILES string of the molecule is CN1CCN(CCCNC(=O)C2CCCCN2)C(c2ccccc2)C1. The van der Waals surface area contributed by atoms with Crippen molar-refractivity contribution in [3.05, 3.63) is 35.9 Å². The normalized spacial score (nSPS) is 25.6. The number of nitrogens with one attached hydrogen (secondary N) is 2. The number of nitrogens with zero attached hydrogens (tertiary/aromatic N) is 2. The van der Waals surface area contributed by atoms with Crippen LogP contribution in [-0.4, -0.2) is 68.1 Å². The fourth-order valence-electron chi connectivity index (χ4n) is 3.91. The number of likely N-dealkylation sites (N-methyl/N-ethyl adjacent to an activating group) is 1. The standard InChI is InChI=1S/C20H32N4O/c1-23-14-15-24(19(16-23)17-8-3-2-4-9-17)13-7-12-22-20(25)18-10-5-6-11-21-18/h2-4,8-9,18-19,21H,5-7,10-16H2,1H3,(H,22,25). The predicted molar refractivity (Wildman–Crippen MR) is 102 cm³/mol. The second-order valence-corrected chi connectivity index (χ2v) is 7.37. The van der Waals surface area contributed by atoms with Crippen molar-refractivity contribution in [3.8, 4) is 0 Å². The van der Waals surface area contributed by atoms with Gasteiger partial charge < -0.3 is 15.5 Å². The molecule has 5 nitrogen and oxygen atoms in total. The second kappa shape index (κ2) is 9.32. The molecule has 1 amide bonds. The molecule has 1 aromatic rings. The Labute approximate surface area is 151 Å². The van der Waals surface area contributed by atoms with Gasteiger partial charge in [-0.15, -0.1) is 0 Å². The molecule has 0 radical (unpaired) electrons. The van der Waals surface area contributed by atoms with Crippen LogP contribution in [0, 0.1) is 0 Å². The smallest absolute Gasteiger partial charge is 0.237 e. The highest BCUT2D eigenvalue weighted by molar-refractivity contribution is 5.81. The zero-order valence-corrected chi connectivity index (χ0v) is 15.4. The van der Waals surface area contributed by atoms with Crippen LogP contribution in [0.4, 0.5) is 0 Å². The summed E-state index contributed by atoms with van der Waals surface area (Å²) >= 11 is 0. The van der Waals surface area contributed by atoms with Gasteiger partial charge in [0.1, 0.15) is 0 Å². The Morgan fingerprint density at radius 2 is 2.08 bits per heavy atom. The van der Waals surface area contributed by atoms with Crippen molar-refractivity contribution in [2.75, 3.05) is 46.3 Å². The molecule has 138 valence electrons. The minimum absolute atomic E-state index is 0.0226. The molecule has 2 saturated heterocycles. The summed E-state index contributed by atoms with van der Waals surface area (Å²) in [6, 6.07) is 11.3. The monoisotopic (exact) mass is 344 g/mol. The minimum Gasteiger partial charge on any atom is -0.355 e. The maximum Gasteiger partial charge on any atom is 0.237 e. The van der Waals surface area contributed by atoms with Crippen LogP contribution in [0.2, 0.25) is 0 Å². The van der Waals surface area contributed by atoms with Gasteiger partial charge in [0, 0.05) is 38.8 Å². The number of hydrogen-bond acceptors (Lipinski definition) is 4. The zero-order chi connectivity index (χ0) is 17.5. The Hall–Kier alpha value is -1.43.